The summed E-state index contributed by atoms with van der Waals surface area (Å²) in [6.45, 7) is 0.672. The van der Waals surface area contributed by atoms with Gasteiger partial charge in [-0.3, -0.25) is 0 Å². The van der Waals surface area contributed by atoms with E-state index in [1.807, 2.05) is 0 Å². The van der Waals surface area contributed by atoms with Crippen molar-refractivity contribution < 1.29 is 13.2 Å². The Bertz CT molecular complexity index is 262. The molecular formula is C6H12N2O3S. The summed E-state index contributed by atoms with van der Waals surface area (Å²) in [5.74, 6) is -0.183. The van der Waals surface area contributed by atoms with Crippen LogP contribution in [0.1, 0.15) is 12.8 Å². The Morgan fingerprint density at radius 2 is 2.17 bits per heavy atom. The molecule has 0 radical (unpaired) electrons. The number of carbonyl (C=O) groups excluding carboxylic acids is 1. The Morgan fingerprint density at radius 3 is 2.67 bits per heavy atom. The van der Waals surface area contributed by atoms with Gasteiger partial charge in [-0.05, 0) is 12.8 Å². The molecule has 1 saturated heterocycles. The Balaban J connectivity index is 2.64. The zero-order valence-corrected chi connectivity index (χ0v) is 7.46. The minimum Gasteiger partial charge on any atom is -0.303 e. The second-order valence-corrected chi connectivity index (χ2v) is 4.49. The number of hydrogen-bond acceptors (Lipinski definition) is 3. The van der Waals surface area contributed by atoms with Crippen LogP contribution in [-0.4, -0.2) is 32.1 Å². The Labute approximate surface area is 71.7 Å². The average Bonchev–Trinajstić information content (AvgIpc) is 2.03. The number of nitrogens with two attached hydrogens (primary N) is 1. The summed E-state index contributed by atoms with van der Waals surface area (Å²) in [6.07, 6.45) is 2.26. The van der Waals surface area contributed by atoms with Crippen LogP contribution < -0.4 is 5.14 Å². The van der Waals surface area contributed by atoms with Gasteiger partial charge in [-0.2, -0.15) is 12.7 Å². The van der Waals surface area contributed by atoms with Crippen molar-refractivity contribution in [2.45, 2.75) is 12.8 Å². The normalized spacial score (nSPS) is 26.9. The van der Waals surface area contributed by atoms with E-state index >= 15 is 0 Å². The molecule has 2 N–H and O–H groups in total. The van der Waals surface area contributed by atoms with Crippen LogP contribution in [0.3, 0.4) is 0 Å². The van der Waals surface area contributed by atoms with Crippen molar-refractivity contribution in [2.75, 3.05) is 13.1 Å². The molecule has 6 heteroatoms. The Hall–Kier alpha value is -0.460. The highest BCUT2D eigenvalue weighted by atomic mass is 32.2. The Kier molecular flexibility index (Phi) is 2.81. The van der Waals surface area contributed by atoms with Crippen molar-refractivity contribution in [1.29, 1.82) is 0 Å². The van der Waals surface area contributed by atoms with Gasteiger partial charge in [0.2, 0.25) is 0 Å². The minimum atomic E-state index is -3.59. The van der Waals surface area contributed by atoms with E-state index < -0.39 is 10.2 Å². The third-order valence-corrected chi connectivity index (χ3v) is 3.02. The quantitative estimate of drug-likeness (QED) is 0.576. The maximum absolute atomic E-state index is 10.8. The molecule has 1 rings (SSSR count). The first-order valence-electron chi connectivity index (χ1n) is 3.77. The summed E-state index contributed by atoms with van der Waals surface area (Å²) in [6, 6.07) is 0. The second kappa shape index (κ2) is 3.51. The van der Waals surface area contributed by atoms with Gasteiger partial charge in [-0.15, -0.1) is 0 Å². The van der Waals surface area contributed by atoms with Gasteiger partial charge in [0, 0.05) is 19.0 Å². The van der Waals surface area contributed by atoms with Crippen LogP contribution in [0, 0.1) is 5.92 Å². The average molecular weight is 192 g/mol. The molecule has 1 aliphatic heterocycles. The van der Waals surface area contributed by atoms with E-state index in [1.54, 1.807) is 0 Å². The molecule has 0 amide bonds. The number of aldehydes is 1. The van der Waals surface area contributed by atoms with E-state index in [-0.39, 0.29) is 12.5 Å². The molecule has 1 aliphatic rings. The van der Waals surface area contributed by atoms with Crippen molar-refractivity contribution >= 4 is 16.5 Å². The van der Waals surface area contributed by atoms with Gasteiger partial charge in [-0.1, -0.05) is 0 Å². The van der Waals surface area contributed by atoms with Gasteiger partial charge in [0.15, 0.2) is 0 Å². The maximum atomic E-state index is 10.8. The predicted octanol–water partition coefficient (Wildman–Crippen LogP) is -0.899. The van der Waals surface area contributed by atoms with Gasteiger partial charge >= 0.3 is 0 Å². The van der Waals surface area contributed by atoms with Crippen LogP contribution in [-0.2, 0) is 15.0 Å². The van der Waals surface area contributed by atoms with Crippen LogP contribution in [0.5, 0.6) is 0 Å². The third-order valence-electron chi connectivity index (χ3n) is 1.97. The number of rotatable bonds is 2. The van der Waals surface area contributed by atoms with E-state index in [2.05, 4.69) is 0 Å². The second-order valence-electron chi connectivity index (χ2n) is 2.94. The lowest BCUT2D eigenvalue weighted by molar-refractivity contribution is -0.112. The van der Waals surface area contributed by atoms with Crippen molar-refractivity contribution in [3.63, 3.8) is 0 Å². The van der Waals surface area contributed by atoms with E-state index in [0.717, 1.165) is 17.0 Å². The summed E-state index contributed by atoms with van der Waals surface area (Å²) in [7, 11) is -3.59. The van der Waals surface area contributed by atoms with E-state index in [1.165, 1.54) is 0 Å². The standard InChI is InChI=1S/C6H12N2O3S/c7-12(10,11)8-3-1-2-6(4-8)5-9/h5-6H,1-4H2,(H2,7,10,11). The van der Waals surface area contributed by atoms with Crippen molar-refractivity contribution in [3.8, 4) is 0 Å². The van der Waals surface area contributed by atoms with Crippen molar-refractivity contribution in [2.24, 2.45) is 11.1 Å². The summed E-state index contributed by atoms with van der Waals surface area (Å²) in [4.78, 5) is 10.4. The summed E-state index contributed by atoms with van der Waals surface area (Å²) in [5, 5.41) is 4.91. The van der Waals surface area contributed by atoms with Crippen LogP contribution in [0.4, 0.5) is 0 Å². The molecule has 12 heavy (non-hydrogen) atoms. The number of nitrogens with zero attached hydrogens (tertiary/aromatic N) is 1. The topological polar surface area (TPSA) is 80.5 Å². The molecule has 5 nitrogen and oxygen atoms in total. The SMILES string of the molecule is NS(=O)(=O)N1CCCC(C=O)C1. The predicted molar refractivity (Wildman–Crippen MR) is 43.5 cm³/mol. The third kappa shape index (κ3) is 2.26. The Morgan fingerprint density at radius 1 is 1.50 bits per heavy atom. The fourth-order valence-electron chi connectivity index (χ4n) is 1.32. The molecule has 1 fully saturated rings. The fourth-order valence-corrected chi connectivity index (χ4v) is 2.10. The lowest BCUT2D eigenvalue weighted by atomic mass is 10.0. The smallest absolute Gasteiger partial charge is 0.276 e. The van der Waals surface area contributed by atoms with Crippen LogP contribution >= 0.6 is 0 Å². The first-order valence-corrected chi connectivity index (χ1v) is 5.27. The van der Waals surface area contributed by atoms with Gasteiger partial charge in [0.05, 0.1) is 0 Å². The zero-order valence-electron chi connectivity index (χ0n) is 6.64. The molecular weight excluding hydrogens is 180 g/mol. The zero-order chi connectivity index (χ0) is 9.19. The summed E-state index contributed by atoms with van der Waals surface area (Å²) in [5.41, 5.74) is 0. The molecule has 1 heterocycles. The molecule has 1 atom stereocenters. The number of piperidine rings is 1. The fraction of sp³-hybridized carbons (Fsp3) is 0.833. The van der Waals surface area contributed by atoms with Crippen LogP contribution in [0.25, 0.3) is 0 Å². The summed E-state index contributed by atoms with van der Waals surface area (Å²) >= 11 is 0. The van der Waals surface area contributed by atoms with Crippen LogP contribution in [0.15, 0.2) is 0 Å². The van der Waals surface area contributed by atoms with Gasteiger partial charge in [-0.25, -0.2) is 5.14 Å². The van der Waals surface area contributed by atoms with Gasteiger partial charge in [0.1, 0.15) is 6.29 Å². The lowest BCUT2D eigenvalue weighted by Crippen LogP contribution is -2.43. The van der Waals surface area contributed by atoms with Crippen LogP contribution in [0.2, 0.25) is 0 Å². The number of hydrogen-bond donors (Lipinski definition) is 1. The molecule has 0 aliphatic carbocycles. The first-order chi connectivity index (χ1) is 5.54. The van der Waals surface area contributed by atoms with E-state index in [4.69, 9.17) is 5.14 Å². The maximum Gasteiger partial charge on any atom is 0.276 e. The monoisotopic (exact) mass is 192 g/mol. The first kappa shape index (κ1) is 9.63. The van der Waals surface area contributed by atoms with Gasteiger partial charge < -0.3 is 4.79 Å². The molecule has 70 valence electrons. The molecule has 0 aromatic rings. The molecule has 0 aromatic heterocycles. The molecule has 0 bridgehead atoms. The molecule has 0 aromatic carbocycles. The highest BCUT2D eigenvalue weighted by Crippen LogP contribution is 2.15. The highest BCUT2D eigenvalue weighted by Gasteiger charge is 2.25. The molecule has 0 spiro atoms. The van der Waals surface area contributed by atoms with Gasteiger partial charge in [0.25, 0.3) is 10.2 Å². The van der Waals surface area contributed by atoms with E-state index in [0.29, 0.717) is 13.0 Å². The minimum absolute atomic E-state index is 0.183. The van der Waals surface area contributed by atoms with E-state index in [9.17, 15) is 13.2 Å². The summed E-state index contributed by atoms with van der Waals surface area (Å²) < 4.78 is 22.8. The van der Waals surface area contributed by atoms with Crippen molar-refractivity contribution in [3.05, 3.63) is 0 Å². The van der Waals surface area contributed by atoms with Crippen molar-refractivity contribution in [1.82, 2.24) is 4.31 Å². The largest absolute Gasteiger partial charge is 0.303 e. The molecule has 0 saturated carbocycles. The highest BCUT2D eigenvalue weighted by molar-refractivity contribution is 7.86. The molecule has 1 unspecified atom stereocenters. The number of carbonyl (C=O) groups is 1. The lowest BCUT2D eigenvalue weighted by Gasteiger charge is -2.27.